The zero-order valence-corrected chi connectivity index (χ0v) is 15.0. The summed E-state index contributed by atoms with van der Waals surface area (Å²) in [7, 11) is 3.61. The van der Waals surface area contributed by atoms with Crippen molar-refractivity contribution in [1.29, 1.82) is 0 Å². The maximum atomic E-state index is 6.03. The van der Waals surface area contributed by atoms with Gasteiger partial charge in [-0.2, -0.15) is 5.10 Å². The van der Waals surface area contributed by atoms with E-state index in [4.69, 9.17) is 9.47 Å². The van der Waals surface area contributed by atoms with Gasteiger partial charge in [0.1, 0.15) is 0 Å². The fraction of sp³-hybridized carbons (Fsp3) is 0.474. The number of likely N-dealkylation sites (tertiary alicyclic amines) is 1. The molecule has 0 N–H and O–H groups in total. The minimum Gasteiger partial charge on any atom is -0.481 e. The highest BCUT2D eigenvalue weighted by Crippen LogP contribution is 2.28. The summed E-state index contributed by atoms with van der Waals surface area (Å²) >= 11 is 0. The molecule has 1 aliphatic rings. The number of ether oxygens (including phenoxy) is 2. The van der Waals surface area contributed by atoms with Crippen LogP contribution in [0.5, 0.6) is 5.88 Å². The van der Waals surface area contributed by atoms with Crippen LogP contribution in [0.2, 0.25) is 0 Å². The predicted octanol–water partition coefficient (Wildman–Crippen LogP) is 2.21. The molecule has 134 valence electrons. The standard InChI is InChI=1S/C19H26N4O2/c1-4-10-25-18-7-9-23(14-16-6-5-8-20-19(16)24-3)17(18)11-15-12-21-22(2)13-15/h4-6,8,12-13,17-18H,1,7,9-11,14H2,2-3H3/t17-,18-/m1/s1. The van der Waals surface area contributed by atoms with Crippen LogP contribution in [0.25, 0.3) is 0 Å². The summed E-state index contributed by atoms with van der Waals surface area (Å²) in [4.78, 5) is 6.77. The van der Waals surface area contributed by atoms with Crippen molar-refractivity contribution in [2.75, 3.05) is 20.3 Å². The van der Waals surface area contributed by atoms with Gasteiger partial charge in [-0.25, -0.2) is 4.98 Å². The molecule has 3 rings (SSSR count). The van der Waals surface area contributed by atoms with E-state index in [2.05, 4.69) is 33.8 Å². The molecule has 25 heavy (non-hydrogen) atoms. The van der Waals surface area contributed by atoms with E-state index in [-0.39, 0.29) is 6.10 Å². The second kappa shape index (κ2) is 8.27. The lowest BCUT2D eigenvalue weighted by atomic mass is 10.0. The number of pyridine rings is 1. The largest absolute Gasteiger partial charge is 0.481 e. The number of aromatic nitrogens is 3. The second-order valence-corrected chi connectivity index (χ2v) is 6.39. The van der Waals surface area contributed by atoms with Gasteiger partial charge < -0.3 is 9.47 Å². The van der Waals surface area contributed by atoms with E-state index in [1.807, 2.05) is 30.1 Å². The molecule has 0 aliphatic carbocycles. The molecule has 0 aromatic carbocycles. The summed E-state index contributed by atoms with van der Waals surface area (Å²) in [5.41, 5.74) is 2.33. The Morgan fingerprint density at radius 1 is 1.44 bits per heavy atom. The SMILES string of the molecule is C=CCO[C@@H]1CCN(Cc2cccnc2OC)[C@@H]1Cc1cnn(C)c1. The van der Waals surface area contributed by atoms with Gasteiger partial charge in [0.25, 0.3) is 0 Å². The quantitative estimate of drug-likeness (QED) is 0.689. The molecule has 0 radical (unpaired) electrons. The molecule has 0 amide bonds. The monoisotopic (exact) mass is 342 g/mol. The van der Waals surface area contributed by atoms with E-state index in [1.165, 1.54) is 5.56 Å². The molecule has 2 atom stereocenters. The van der Waals surface area contributed by atoms with Gasteiger partial charge in [-0.05, 0) is 24.5 Å². The topological polar surface area (TPSA) is 52.4 Å². The molecular formula is C19H26N4O2. The Morgan fingerprint density at radius 3 is 3.04 bits per heavy atom. The van der Waals surface area contributed by atoms with Gasteiger partial charge in [-0.3, -0.25) is 9.58 Å². The van der Waals surface area contributed by atoms with Crippen molar-refractivity contribution in [3.63, 3.8) is 0 Å². The maximum Gasteiger partial charge on any atom is 0.217 e. The van der Waals surface area contributed by atoms with Crippen LogP contribution < -0.4 is 4.74 Å². The van der Waals surface area contributed by atoms with E-state index in [0.717, 1.165) is 31.5 Å². The minimum absolute atomic E-state index is 0.195. The Kier molecular flexibility index (Phi) is 5.83. The Hall–Kier alpha value is -2.18. The van der Waals surface area contributed by atoms with E-state index in [9.17, 15) is 0 Å². The number of rotatable bonds is 8. The molecule has 1 saturated heterocycles. The van der Waals surface area contributed by atoms with Crippen molar-refractivity contribution in [3.8, 4) is 5.88 Å². The molecule has 1 aliphatic heterocycles. The fourth-order valence-electron chi connectivity index (χ4n) is 3.50. The van der Waals surface area contributed by atoms with Crippen molar-refractivity contribution in [3.05, 3.63) is 54.5 Å². The zero-order chi connectivity index (χ0) is 17.6. The van der Waals surface area contributed by atoms with Crippen LogP contribution in [0.15, 0.2) is 43.4 Å². The minimum atomic E-state index is 0.195. The molecule has 6 heteroatoms. The van der Waals surface area contributed by atoms with Gasteiger partial charge in [0, 0.05) is 44.1 Å². The Morgan fingerprint density at radius 2 is 2.32 bits per heavy atom. The van der Waals surface area contributed by atoms with Crippen molar-refractivity contribution in [2.45, 2.75) is 31.5 Å². The highest BCUT2D eigenvalue weighted by Gasteiger charge is 2.35. The molecule has 0 unspecified atom stereocenters. The second-order valence-electron chi connectivity index (χ2n) is 6.39. The van der Waals surface area contributed by atoms with Crippen molar-refractivity contribution >= 4 is 0 Å². The normalized spacial score (nSPS) is 20.7. The zero-order valence-electron chi connectivity index (χ0n) is 15.0. The van der Waals surface area contributed by atoms with E-state index >= 15 is 0 Å². The molecule has 3 heterocycles. The van der Waals surface area contributed by atoms with E-state index in [0.29, 0.717) is 18.5 Å². The molecule has 6 nitrogen and oxygen atoms in total. The van der Waals surface area contributed by atoms with Gasteiger partial charge in [-0.15, -0.1) is 6.58 Å². The third-order valence-corrected chi connectivity index (χ3v) is 4.65. The Bertz CT molecular complexity index is 700. The smallest absolute Gasteiger partial charge is 0.217 e. The Labute approximate surface area is 149 Å². The van der Waals surface area contributed by atoms with Crippen LogP contribution in [0.3, 0.4) is 0 Å². The first-order valence-electron chi connectivity index (χ1n) is 8.63. The molecule has 0 spiro atoms. The van der Waals surface area contributed by atoms with Gasteiger partial charge in [0.05, 0.1) is 26.0 Å². The molecule has 0 saturated carbocycles. The number of aryl methyl sites for hydroxylation is 1. The summed E-state index contributed by atoms with van der Waals surface area (Å²) in [6, 6.07) is 4.33. The lowest BCUT2D eigenvalue weighted by molar-refractivity contribution is 0.0420. The first kappa shape index (κ1) is 17.6. The highest BCUT2D eigenvalue weighted by atomic mass is 16.5. The molecule has 1 fully saturated rings. The summed E-state index contributed by atoms with van der Waals surface area (Å²) in [6.45, 7) is 6.14. The summed E-state index contributed by atoms with van der Waals surface area (Å²) in [6.07, 6.45) is 9.71. The summed E-state index contributed by atoms with van der Waals surface area (Å²) < 4.78 is 13.3. The van der Waals surface area contributed by atoms with Crippen molar-refractivity contribution in [1.82, 2.24) is 19.7 Å². The number of hydrogen-bond acceptors (Lipinski definition) is 5. The third kappa shape index (κ3) is 4.27. The van der Waals surface area contributed by atoms with Crippen molar-refractivity contribution in [2.24, 2.45) is 7.05 Å². The van der Waals surface area contributed by atoms with Crippen molar-refractivity contribution < 1.29 is 9.47 Å². The number of nitrogens with zero attached hydrogens (tertiary/aromatic N) is 4. The van der Waals surface area contributed by atoms with Crippen LogP contribution in [-0.2, 0) is 24.8 Å². The lowest BCUT2D eigenvalue weighted by Gasteiger charge is -2.28. The van der Waals surface area contributed by atoms with Crippen LogP contribution in [-0.4, -0.2) is 52.1 Å². The lowest BCUT2D eigenvalue weighted by Crippen LogP contribution is -2.38. The highest BCUT2D eigenvalue weighted by molar-refractivity contribution is 5.25. The van der Waals surface area contributed by atoms with Gasteiger partial charge in [0.2, 0.25) is 5.88 Å². The maximum absolute atomic E-state index is 6.03. The van der Waals surface area contributed by atoms with Gasteiger partial charge in [0.15, 0.2) is 0 Å². The van der Waals surface area contributed by atoms with E-state index in [1.54, 1.807) is 13.3 Å². The van der Waals surface area contributed by atoms with Crippen LogP contribution in [0.1, 0.15) is 17.5 Å². The first-order valence-corrected chi connectivity index (χ1v) is 8.63. The average molecular weight is 342 g/mol. The van der Waals surface area contributed by atoms with Gasteiger partial charge >= 0.3 is 0 Å². The molecule has 2 aromatic rings. The summed E-state index contributed by atoms with van der Waals surface area (Å²) in [5, 5.41) is 4.29. The Balaban J connectivity index is 1.77. The van der Waals surface area contributed by atoms with Crippen LogP contribution in [0.4, 0.5) is 0 Å². The van der Waals surface area contributed by atoms with Crippen LogP contribution >= 0.6 is 0 Å². The fourth-order valence-corrected chi connectivity index (χ4v) is 3.50. The third-order valence-electron chi connectivity index (χ3n) is 4.65. The number of hydrogen-bond donors (Lipinski definition) is 0. The van der Waals surface area contributed by atoms with E-state index < -0.39 is 0 Å². The average Bonchev–Trinajstić information content (AvgIpc) is 3.20. The molecule has 2 aromatic heterocycles. The van der Waals surface area contributed by atoms with Gasteiger partial charge in [-0.1, -0.05) is 12.1 Å². The summed E-state index contributed by atoms with van der Waals surface area (Å²) in [5.74, 6) is 0.693. The molecular weight excluding hydrogens is 316 g/mol. The predicted molar refractivity (Wildman–Crippen MR) is 96.5 cm³/mol. The first-order chi connectivity index (χ1) is 12.2. The van der Waals surface area contributed by atoms with Crippen LogP contribution in [0, 0.1) is 0 Å². The number of methoxy groups -OCH3 is 1. The molecule has 0 bridgehead atoms.